The van der Waals surface area contributed by atoms with E-state index >= 15 is 0 Å². The van der Waals surface area contributed by atoms with Crippen LogP contribution in [0, 0.1) is 0 Å². The first-order chi connectivity index (χ1) is 15.1. The van der Waals surface area contributed by atoms with Crippen molar-refractivity contribution in [2.24, 2.45) is 0 Å². The summed E-state index contributed by atoms with van der Waals surface area (Å²) in [7, 11) is 0. The van der Waals surface area contributed by atoms with Crippen molar-refractivity contribution in [1.82, 2.24) is 25.0 Å². The average Bonchev–Trinajstić information content (AvgIpc) is 3.25. The van der Waals surface area contributed by atoms with Gasteiger partial charge in [0, 0.05) is 37.8 Å². The van der Waals surface area contributed by atoms with E-state index in [1.807, 2.05) is 30.6 Å². The maximum atomic E-state index is 5.51. The number of benzene rings is 1. The normalized spacial score (nSPS) is 15.3. The molecule has 8 heteroatoms. The van der Waals surface area contributed by atoms with Crippen molar-refractivity contribution in [2.75, 3.05) is 42.9 Å². The minimum Gasteiger partial charge on any atom is -0.368 e. The van der Waals surface area contributed by atoms with Crippen LogP contribution in [-0.4, -0.2) is 57.7 Å². The van der Waals surface area contributed by atoms with Gasteiger partial charge in [0.2, 0.25) is 5.95 Å². The largest absolute Gasteiger partial charge is 0.368 e. The van der Waals surface area contributed by atoms with Gasteiger partial charge in [-0.2, -0.15) is 0 Å². The molecule has 3 aromatic heterocycles. The number of rotatable bonds is 5. The molecule has 4 aromatic rings. The van der Waals surface area contributed by atoms with Crippen LogP contribution in [0.2, 0.25) is 0 Å². The number of aromatic nitrogens is 4. The molecule has 0 amide bonds. The molecule has 1 aliphatic heterocycles. The van der Waals surface area contributed by atoms with Crippen molar-refractivity contribution < 1.29 is 4.52 Å². The Morgan fingerprint density at radius 2 is 1.87 bits per heavy atom. The summed E-state index contributed by atoms with van der Waals surface area (Å²) >= 11 is 0. The van der Waals surface area contributed by atoms with E-state index in [-0.39, 0.29) is 5.92 Å². The Hall–Kier alpha value is -3.26. The van der Waals surface area contributed by atoms with Crippen LogP contribution in [-0.2, 0) is 0 Å². The predicted molar refractivity (Wildman–Crippen MR) is 123 cm³/mol. The molecule has 0 radical (unpaired) electrons. The topological polar surface area (TPSA) is 83.2 Å². The molecule has 0 aliphatic carbocycles. The monoisotopic (exact) mass is 417 g/mol. The maximum Gasteiger partial charge on any atom is 0.228 e. The predicted octanol–water partition coefficient (Wildman–Crippen LogP) is 4.17. The molecule has 0 spiro atoms. The van der Waals surface area contributed by atoms with Crippen LogP contribution >= 0.6 is 0 Å². The molecule has 8 nitrogen and oxygen atoms in total. The Balaban J connectivity index is 1.39. The lowest BCUT2D eigenvalue weighted by Gasteiger charge is -2.35. The Labute approximate surface area is 181 Å². The van der Waals surface area contributed by atoms with Crippen molar-refractivity contribution in [3.63, 3.8) is 0 Å². The number of piperazine rings is 1. The highest BCUT2D eigenvalue weighted by atomic mass is 16.5. The van der Waals surface area contributed by atoms with Crippen molar-refractivity contribution in [2.45, 2.75) is 26.7 Å². The molecular formula is C23H27N7O. The molecule has 1 N–H and O–H groups in total. The van der Waals surface area contributed by atoms with Gasteiger partial charge in [-0.3, -0.25) is 0 Å². The van der Waals surface area contributed by atoms with E-state index in [0.717, 1.165) is 71.8 Å². The van der Waals surface area contributed by atoms with Gasteiger partial charge in [0.25, 0.3) is 0 Å². The molecule has 4 heterocycles. The van der Waals surface area contributed by atoms with Crippen LogP contribution < -0.4 is 10.2 Å². The number of hydrogen-bond acceptors (Lipinski definition) is 8. The average molecular weight is 418 g/mol. The van der Waals surface area contributed by atoms with E-state index in [2.05, 4.69) is 57.1 Å². The zero-order valence-corrected chi connectivity index (χ0v) is 18.2. The second kappa shape index (κ2) is 8.11. The standard InChI is InChI=1S/C23H27N7O/c1-4-29-9-11-30(12-10-29)17-6-8-19(24-14-17)26-23-25-13-16-5-7-18-20(22(16)27-23)21(15(2)3)28-31-18/h5-8,13-15H,4,9-12H2,1-3H3,(H,24,25,26,27). The summed E-state index contributed by atoms with van der Waals surface area (Å²) in [6, 6.07) is 7.97. The summed E-state index contributed by atoms with van der Waals surface area (Å²) in [5.74, 6) is 1.47. The summed E-state index contributed by atoms with van der Waals surface area (Å²) < 4.78 is 5.51. The first kappa shape index (κ1) is 19.7. The van der Waals surface area contributed by atoms with Gasteiger partial charge >= 0.3 is 0 Å². The Morgan fingerprint density at radius 1 is 1.03 bits per heavy atom. The fraction of sp³-hybridized carbons (Fsp3) is 0.391. The number of hydrogen-bond donors (Lipinski definition) is 1. The van der Waals surface area contributed by atoms with Crippen LogP contribution in [0.4, 0.5) is 17.5 Å². The third-order valence-corrected chi connectivity index (χ3v) is 5.93. The number of likely N-dealkylation sites (N-methyl/N-ethyl adjacent to an activating group) is 1. The zero-order valence-electron chi connectivity index (χ0n) is 18.2. The lowest BCUT2D eigenvalue weighted by atomic mass is 10.0. The summed E-state index contributed by atoms with van der Waals surface area (Å²) in [4.78, 5) is 18.7. The molecule has 0 bridgehead atoms. The molecule has 1 fully saturated rings. The van der Waals surface area contributed by atoms with Crippen LogP contribution in [0.3, 0.4) is 0 Å². The van der Waals surface area contributed by atoms with Gasteiger partial charge in [0.1, 0.15) is 5.82 Å². The van der Waals surface area contributed by atoms with Crippen molar-refractivity contribution in [3.05, 3.63) is 42.4 Å². The number of nitrogens with zero attached hydrogens (tertiary/aromatic N) is 6. The molecule has 0 atom stereocenters. The molecule has 160 valence electrons. The molecule has 1 saturated heterocycles. The minimum absolute atomic E-state index is 0.242. The van der Waals surface area contributed by atoms with E-state index in [1.54, 1.807) is 0 Å². The van der Waals surface area contributed by atoms with Gasteiger partial charge in [-0.05, 0) is 36.7 Å². The SMILES string of the molecule is CCN1CCN(c2ccc(Nc3ncc4ccc5onc(C(C)C)c5c4n3)nc2)CC1. The molecule has 1 aliphatic rings. The molecule has 1 aromatic carbocycles. The van der Waals surface area contributed by atoms with E-state index in [1.165, 1.54) is 0 Å². The highest BCUT2D eigenvalue weighted by Crippen LogP contribution is 2.31. The Kier molecular flexibility index (Phi) is 5.15. The second-order valence-corrected chi connectivity index (χ2v) is 8.24. The molecule has 31 heavy (non-hydrogen) atoms. The molecule has 5 rings (SSSR count). The zero-order chi connectivity index (χ0) is 21.4. The number of pyridine rings is 1. The van der Waals surface area contributed by atoms with Gasteiger partial charge in [0.05, 0.1) is 28.5 Å². The lowest BCUT2D eigenvalue weighted by Crippen LogP contribution is -2.46. The first-order valence-corrected chi connectivity index (χ1v) is 10.9. The van der Waals surface area contributed by atoms with Gasteiger partial charge < -0.3 is 19.6 Å². The first-order valence-electron chi connectivity index (χ1n) is 10.9. The third-order valence-electron chi connectivity index (χ3n) is 5.93. The highest BCUT2D eigenvalue weighted by molar-refractivity contribution is 6.04. The summed E-state index contributed by atoms with van der Waals surface area (Å²) in [6.07, 6.45) is 3.74. The van der Waals surface area contributed by atoms with Gasteiger partial charge in [0.15, 0.2) is 5.58 Å². The quantitative estimate of drug-likeness (QED) is 0.518. The van der Waals surface area contributed by atoms with E-state index in [9.17, 15) is 0 Å². The van der Waals surface area contributed by atoms with E-state index in [4.69, 9.17) is 9.51 Å². The van der Waals surface area contributed by atoms with Crippen molar-refractivity contribution in [1.29, 1.82) is 0 Å². The van der Waals surface area contributed by atoms with Crippen LogP contribution in [0.25, 0.3) is 21.9 Å². The molecule has 0 saturated carbocycles. The Morgan fingerprint density at radius 3 is 2.58 bits per heavy atom. The van der Waals surface area contributed by atoms with Crippen LogP contribution in [0.1, 0.15) is 32.4 Å². The van der Waals surface area contributed by atoms with Gasteiger partial charge in [-0.15, -0.1) is 0 Å². The van der Waals surface area contributed by atoms with Crippen molar-refractivity contribution in [3.8, 4) is 0 Å². The minimum atomic E-state index is 0.242. The number of fused-ring (bicyclic) bond motifs is 3. The smallest absolute Gasteiger partial charge is 0.228 e. The summed E-state index contributed by atoms with van der Waals surface area (Å²) in [5, 5.41) is 9.39. The van der Waals surface area contributed by atoms with E-state index in [0.29, 0.717) is 5.95 Å². The Bertz CT molecular complexity index is 1190. The van der Waals surface area contributed by atoms with Gasteiger partial charge in [-0.1, -0.05) is 25.9 Å². The maximum absolute atomic E-state index is 5.51. The fourth-order valence-corrected chi connectivity index (χ4v) is 4.08. The molecule has 0 unspecified atom stereocenters. The van der Waals surface area contributed by atoms with Gasteiger partial charge in [-0.25, -0.2) is 15.0 Å². The fourth-order valence-electron chi connectivity index (χ4n) is 4.08. The number of anilines is 3. The van der Waals surface area contributed by atoms with Crippen LogP contribution in [0.15, 0.2) is 41.2 Å². The lowest BCUT2D eigenvalue weighted by molar-refractivity contribution is 0.271. The summed E-state index contributed by atoms with van der Waals surface area (Å²) in [5.41, 5.74) is 3.64. The van der Waals surface area contributed by atoms with E-state index < -0.39 is 0 Å². The van der Waals surface area contributed by atoms with Crippen LogP contribution in [0.5, 0.6) is 0 Å². The summed E-state index contributed by atoms with van der Waals surface area (Å²) in [6.45, 7) is 11.8. The highest BCUT2D eigenvalue weighted by Gasteiger charge is 2.17. The van der Waals surface area contributed by atoms with Crippen molar-refractivity contribution >= 4 is 39.3 Å². The third kappa shape index (κ3) is 3.79. The number of nitrogens with one attached hydrogen (secondary N) is 1. The molecular weight excluding hydrogens is 390 g/mol. The second-order valence-electron chi connectivity index (χ2n) is 8.24.